The van der Waals surface area contributed by atoms with Crippen LogP contribution in [0, 0.1) is 18.8 Å². The van der Waals surface area contributed by atoms with E-state index in [1.807, 2.05) is 38.1 Å². The van der Waals surface area contributed by atoms with Crippen molar-refractivity contribution in [3.05, 3.63) is 23.4 Å². The van der Waals surface area contributed by atoms with E-state index in [0.717, 1.165) is 60.8 Å². The van der Waals surface area contributed by atoms with Gasteiger partial charge in [-0.15, -0.1) is 0 Å². The van der Waals surface area contributed by atoms with Gasteiger partial charge in [0.25, 0.3) is 11.8 Å². The van der Waals surface area contributed by atoms with Crippen LogP contribution in [0.15, 0.2) is 12.3 Å². The molecule has 3 heterocycles. The maximum Gasteiger partial charge on any atom is 0.272 e. The molecule has 0 bridgehead atoms. The second kappa shape index (κ2) is 10.7. The molecule has 39 heavy (non-hydrogen) atoms. The molecule has 1 aliphatic carbocycles. The normalized spacial score (nSPS) is 29.1. The van der Waals surface area contributed by atoms with Gasteiger partial charge in [0.2, 0.25) is 5.91 Å². The van der Waals surface area contributed by atoms with Crippen LogP contribution in [-0.4, -0.2) is 76.7 Å². The lowest BCUT2D eigenvalue weighted by Crippen LogP contribution is -2.61. The van der Waals surface area contributed by atoms with Gasteiger partial charge in [0, 0.05) is 49.2 Å². The molecule has 3 unspecified atom stereocenters. The summed E-state index contributed by atoms with van der Waals surface area (Å²) in [5.74, 6) is -2.78. The first-order valence-electron chi connectivity index (χ1n) is 14.4. The average molecular weight is 545 g/mol. The van der Waals surface area contributed by atoms with Crippen LogP contribution in [-0.2, 0) is 11.8 Å². The molecule has 5 rings (SSSR count). The number of aryl methyl sites for hydroxylation is 1. The monoisotopic (exact) mass is 544 g/mol. The van der Waals surface area contributed by atoms with E-state index < -0.39 is 5.92 Å². The molecule has 1 aromatic carbocycles. The van der Waals surface area contributed by atoms with Crippen molar-refractivity contribution in [1.82, 2.24) is 25.3 Å². The highest BCUT2D eigenvalue weighted by atomic mass is 19.3. The highest BCUT2D eigenvalue weighted by molar-refractivity contribution is 6.05. The molecule has 2 saturated heterocycles. The molecule has 1 saturated carbocycles. The number of hydrogen-bond acceptors (Lipinski definition) is 5. The zero-order chi connectivity index (χ0) is 28.1. The maximum atomic E-state index is 13.6. The van der Waals surface area contributed by atoms with Gasteiger partial charge in [0.1, 0.15) is 0 Å². The molecule has 0 spiro atoms. The van der Waals surface area contributed by atoms with Crippen molar-refractivity contribution in [3.8, 4) is 0 Å². The van der Waals surface area contributed by atoms with Gasteiger partial charge in [-0.25, -0.2) is 8.78 Å². The first kappa shape index (κ1) is 27.8. The summed E-state index contributed by atoms with van der Waals surface area (Å²) in [6, 6.07) is 2.54. The Morgan fingerprint density at radius 1 is 1.23 bits per heavy atom. The van der Waals surface area contributed by atoms with E-state index in [9.17, 15) is 18.4 Å². The first-order chi connectivity index (χ1) is 18.5. The van der Waals surface area contributed by atoms with Gasteiger partial charge in [-0.2, -0.15) is 5.10 Å². The van der Waals surface area contributed by atoms with Crippen LogP contribution in [0.3, 0.4) is 0 Å². The third kappa shape index (κ3) is 5.36. The second-order valence-electron chi connectivity index (χ2n) is 12.0. The Hall–Kier alpha value is -2.75. The van der Waals surface area contributed by atoms with Crippen molar-refractivity contribution in [1.29, 1.82) is 0 Å². The Morgan fingerprint density at radius 2 is 1.92 bits per heavy atom. The molecule has 3 atom stereocenters. The maximum absolute atomic E-state index is 13.6. The molecule has 10 heteroatoms. The Kier molecular flexibility index (Phi) is 7.61. The van der Waals surface area contributed by atoms with Gasteiger partial charge in [-0.1, -0.05) is 6.92 Å². The molecular weight excluding hydrogens is 502 g/mol. The SMILES string of the molecule is CCN(c1c(C)c(C(=O)NCC2C(=O)NC(C)CC2C)cc2c1cnn2C)C1CCC(N2CC(F)(F)C2)CC1. The Bertz CT molecular complexity index is 1230. The van der Waals surface area contributed by atoms with Crippen LogP contribution in [0.25, 0.3) is 10.9 Å². The van der Waals surface area contributed by atoms with Gasteiger partial charge < -0.3 is 15.5 Å². The number of amides is 2. The summed E-state index contributed by atoms with van der Waals surface area (Å²) >= 11 is 0. The molecule has 0 radical (unpaired) electrons. The largest absolute Gasteiger partial charge is 0.368 e. The Balaban J connectivity index is 1.36. The van der Waals surface area contributed by atoms with Crippen LogP contribution < -0.4 is 15.5 Å². The van der Waals surface area contributed by atoms with E-state index in [-0.39, 0.29) is 54.9 Å². The zero-order valence-electron chi connectivity index (χ0n) is 23.8. The van der Waals surface area contributed by atoms with E-state index in [2.05, 4.69) is 34.5 Å². The smallest absolute Gasteiger partial charge is 0.272 e. The molecule has 3 aliphatic rings. The summed E-state index contributed by atoms with van der Waals surface area (Å²) in [6.07, 6.45) is 6.39. The van der Waals surface area contributed by atoms with Gasteiger partial charge in [0.15, 0.2) is 0 Å². The lowest BCUT2D eigenvalue weighted by atomic mass is 9.84. The molecule has 214 valence electrons. The van der Waals surface area contributed by atoms with E-state index in [4.69, 9.17) is 0 Å². The van der Waals surface area contributed by atoms with Gasteiger partial charge >= 0.3 is 0 Å². The fourth-order valence-corrected chi connectivity index (χ4v) is 7.10. The fourth-order valence-electron chi connectivity index (χ4n) is 7.10. The highest BCUT2D eigenvalue weighted by Crippen LogP contribution is 2.39. The van der Waals surface area contributed by atoms with Crippen molar-refractivity contribution < 1.29 is 18.4 Å². The van der Waals surface area contributed by atoms with Crippen LogP contribution >= 0.6 is 0 Å². The quantitative estimate of drug-likeness (QED) is 0.553. The fraction of sp³-hybridized carbons (Fsp3) is 0.690. The number of carbonyl (C=O) groups is 2. The summed E-state index contributed by atoms with van der Waals surface area (Å²) in [5, 5.41) is 11.6. The number of nitrogens with one attached hydrogen (secondary N) is 2. The summed E-state index contributed by atoms with van der Waals surface area (Å²) in [6.45, 7) is 9.02. The van der Waals surface area contributed by atoms with Crippen molar-refractivity contribution in [2.75, 3.05) is 31.1 Å². The van der Waals surface area contributed by atoms with Crippen LogP contribution in [0.1, 0.15) is 68.8 Å². The predicted octanol–water partition coefficient (Wildman–Crippen LogP) is 3.86. The number of alkyl halides is 2. The summed E-state index contributed by atoms with van der Waals surface area (Å²) in [4.78, 5) is 30.4. The molecule has 8 nitrogen and oxygen atoms in total. The van der Waals surface area contributed by atoms with Gasteiger partial charge in [-0.05, 0) is 70.4 Å². The molecule has 2 aromatic rings. The molecule has 2 aliphatic heterocycles. The minimum absolute atomic E-state index is 0.00393. The molecule has 3 fully saturated rings. The molecule has 2 amide bonds. The minimum Gasteiger partial charge on any atom is -0.368 e. The number of hydrogen-bond donors (Lipinski definition) is 2. The van der Waals surface area contributed by atoms with Gasteiger partial charge in [0.05, 0.1) is 36.4 Å². The lowest BCUT2D eigenvalue weighted by Gasteiger charge is -2.47. The second-order valence-corrected chi connectivity index (χ2v) is 12.0. The van der Waals surface area contributed by atoms with Gasteiger partial charge in [-0.3, -0.25) is 19.2 Å². The number of likely N-dealkylation sites (tertiary alicyclic amines) is 1. The predicted molar refractivity (Wildman–Crippen MR) is 148 cm³/mol. The molecular formula is C29H42F2N6O2. The Labute approximate surface area is 229 Å². The van der Waals surface area contributed by atoms with Crippen LogP contribution in [0.5, 0.6) is 0 Å². The van der Waals surface area contributed by atoms with Crippen molar-refractivity contribution in [3.63, 3.8) is 0 Å². The standard InChI is InChI=1S/C29H42F2N6O2/c1-6-37(21-9-7-20(8-10-21)36-15-29(30,31)16-36)26-19(4)22(12-25-24(26)14-33-35(25)5)27(38)32-13-23-17(2)11-18(3)34-28(23)39/h12,14,17-18,20-21,23H,6-11,13,15-16H2,1-5H3,(H,32,38)(H,34,39). The molecule has 1 aromatic heterocycles. The number of benzene rings is 1. The number of fused-ring (bicyclic) bond motifs is 1. The third-order valence-corrected chi connectivity index (χ3v) is 9.26. The summed E-state index contributed by atoms with van der Waals surface area (Å²) < 4.78 is 28.6. The minimum atomic E-state index is -2.53. The van der Waals surface area contributed by atoms with E-state index in [0.29, 0.717) is 12.1 Å². The van der Waals surface area contributed by atoms with E-state index >= 15 is 0 Å². The number of rotatable bonds is 7. The Morgan fingerprint density at radius 3 is 2.54 bits per heavy atom. The van der Waals surface area contributed by atoms with E-state index in [1.165, 1.54) is 0 Å². The number of aromatic nitrogens is 2. The van der Waals surface area contributed by atoms with Crippen molar-refractivity contribution >= 4 is 28.4 Å². The first-order valence-corrected chi connectivity index (χ1v) is 14.4. The number of halogens is 2. The lowest BCUT2D eigenvalue weighted by molar-refractivity contribution is -0.149. The van der Waals surface area contributed by atoms with Crippen molar-refractivity contribution in [2.24, 2.45) is 18.9 Å². The molecule has 2 N–H and O–H groups in total. The summed E-state index contributed by atoms with van der Waals surface area (Å²) in [7, 11) is 1.88. The number of anilines is 1. The number of carbonyl (C=O) groups excluding carboxylic acids is 2. The number of piperidine rings is 1. The average Bonchev–Trinajstić information content (AvgIpc) is 3.23. The zero-order valence-corrected chi connectivity index (χ0v) is 23.8. The summed E-state index contributed by atoms with van der Waals surface area (Å²) in [5.41, 5.74) is 3.39. The highest BCUT2D eigenvalue weighted by Gasteiger charge is 2.47. The van der Waals surface area contributed by atoms with E-state index in [1.54, 1.807) is 4.68 Å². The van der Waals surface area contributed by atoms with Crippen molar-refractivity contribution in [2.45, 2.75) is 83.8 Å². The topological polar surface area (TPSA) is 82.5 Å². The third-order valence-electron chi connectivity index (χ3n) is 9.26. The number of nitrogens with zero attached hydrogens (tertiary/aromatic N) is 4. The van der Waals surface area contributed by atoms with Crippen LogP contribution in [0.2, 0.25) is 0 Å². The van der Waals surface area contributed by atoms with Crippen LogP contribution in [0.4, 0.5) is 14.5 Å².